The van der Waals surface area contributed by atoms with Crippen LogP contribution in [-0.4, -0.2) is 65.0 Å². The van der Waals surface area contributed by atoms with Gasteiger partial charge in [-0.1, -0.05) is 24.3 Å². The Hall–Kier alpha value is -3.29. The highest BCUT2D eigenvalue weighted by atomic mass is 16.2. The van der Waals surface area contributed by atoms with E-state index >= 15 is 0 Å². The van der Waals surface area contributed by atoms with Gasteiger partial charge in [0.05, 0.1) is 17.4 Å². The number of nitrogens with one attached hydrogen (secondary N) is 1. The fourth-order valence-electron chi connectivity index (χ4n) is 4.58. The predicted octanol–water partition coefficient (Wildman–Crippen LogP) is 2.84. The maximum absolute atomic E-state index is 13.1. The van der Waals surface area contributed by atoms with Gasteiger partial charge >= 0.3 is 0 Å². The predicted molar refractivity (Wildman–Crippen MR) is 132 cm³/mol. The molecule has 1 aromatic heterocycles. The lowest BCUT2D eigenvalue weighted by atomic mass is 10.0. The zero-order valence-electron chi connectivity index (χ0n) is 19.2. The van der Waals surface area contributed by atoms with Crippen molar-refractivity contribution < 1.29 is 4.79 Å². The Morgan fingerprint density at radius 2 is 1.88 bits per heavy atom. The van der Waals surface area contributed by atoms with E-state index in [0.29, 0.717) is 29.7 Å². The lowest BCUT2D eigenvalue weighted by molar-refractivity contribution is -0.117. The first-order chi connectivity index (χ1) is 16.0. The number of rotatable bonds is 4. The summed E-state index contributed by atoms with van der Waals surface area (Å²) in [5.74, 6) is 0.675. The van der Waals surface area contributed by atoms with Crippen LogP contribution < -0.4 is 10.9 Å². The molecular formula is C26H29N5O2. The fourth-order valence-corrected chi connectivity index (χ4v) is 4.58. The van der Waals surface area contributed by atoms with E-state index < -0.39 is 0 Å². The number of anilines is 1. The van der Waals surface area contributed by atoms with Gasteiger partial charge in [-0.3, -0.25) is 19.1 Å². The normalized spacial score (nSPS) is 18.1. The van der Waals surface area contributed by atoms with Gasteiger partial charge in [0.15, 0.2) is 0 Å². The van der Waals surface area contributed by atoms with Gasteiger partial charge in [0.25, 0.3) is 5.56 Å². The van der Waals surface area contributed by atoms with Crippen molar-refractivity contribution in [2.45, 2.75) is 19.9 Å². The van der Waals surface area contributed by atoms with Crippen molar-refractivity contribution in [3.63, 3.8) is 0 Å². The van der Waals surface area contributed by atoms with Gasteiger partial charge in [0.2, 0.25) is 5.91 Å². The van der Waals surface area contributed by atoms with Crippen molar-refractivity contribution in [1.82, 2.24) is 19.4 Å². The maximum Gasteiger partial charge on any atom is 0.261 e. The summed E-state index contributed by atoms with van der Waals surface area (Å²) in [5.41, 5.74) is 4.64. The van der Waals surface area contributed by atoms with Crippen molar-refractivity contribution in [3.8, 4) is 0 Å². The minimum absolute atomic E-state index is 0.0292. The van der Waals surface area contributed by atoms with E-state index in [1.807, 2.05) is 18.2 Å². The van der Waals surface area contributed by atoms with Crippen LogP contribution in [0.25, 0.3) is 22.6 Å². The van der Waals surface area contributed by atoms with E-state index in [2.05, 4.69) is 47.3 Å². The summed E-state index contributed by atoms with van der Waals surface area (Å²) in [5, 5.41) is 3.56. The zero-order chi connectivity index (χ0) is 22.9. The minimum atomic E-state index is -0.0445. The van der Waals surface area contributed by atoms with Crippen LogP contribution in [-0.2, 0) is 11.3 Å². The Morgan fingerprint density at radius 1 is 1.09 bits per heavy atom. The highest BCUT2D eigenvalue weighted by molar-refractivity contribution is 5.95. The summed E-state index contributed by atoms with van der Waals surface area (Å²) in [6.45, 7) is 6.82. The van der Waals surface area contributed by atoms with Crippen LogP contribution in [0, 0.1) is 6.92 Å². The van der Waals surface area contributed by atoms with Crippen LogP contribution in [0.3, 0.4) is 0 Å². The number of hydrogen-bond donors (Lipinski definition) is 1. The summed E-state index contributed by atoms with van der Waals surface area (Å²) < 4.78 is 1.76. The summed E-state index contributed by atoms with van der Waals surface area (Å²) in [6, 6.07) is 13.6. The lowest BCUT2D eigenvalue weighted by Crippen LogP contribution is -2.47. The molecule has 170 valence electrons. The van der Waals surface area contributed by atoms with Crippen molar-refractivity contribution in [1.29, 1.82) is 0 Å². The Labute approximate surface area is 193 Å². The average molecular weight is 444 g/mol. The molecule has 0 spiro atoms. The Balaban J connectivity index is 1.41. The quantitative estimate of drug-likeness (QED) is 0.672. The third kappa shape index (κ3) is 4.47. The van der Waals surface area contributed by atoms with Crippen molar-refractivity contribution in [2.24, 2.45) is 0 Å². The van der Waals surface area contributed by atoms with Gasteiger partial charge in [-0.25, -0.2) is 4.98 Å². The third-order valence-corrected chi connectivity index (χ3v) is 6.61. The first-order valence-electron chi connectivity index (χ1n) is 11.5. The largest absolute Gasteiger partial charge is 0.325 e. The molecule has 1 fully saturated rings. The van der Waals surface area contributed by atoms with E-state index in [1.54, 1.807) is 16.7 Å². The molecule has 0 unspecified atom stereocenters. The van der Waals surface area contributed by atoms with Crippen molar-refractivity contribution in [2.75, 3.05) is 45.1 Å². The molecule has 7 nitrogen and oxygen atoms in total. The molecule has 1 saturated heterocycles. The molecule has 1 amide bonds. The lowest BCUT2D eigenvalue weighted by Gasteiger charge is -2.31. The van der Waals surface area contributed by atoms with E-state index in [-0.39, 0.29) is 11.5 Å². The molecular weight excluding hydrogens is 414 g/mol. The van der Waals surface area contributed by atoms with Crippen LogP contribution >= 0.6 is 0 Å². The van der Waals surface area contributed by atoms with Crippen LogP contribution in [0.2, 0.25) is 0 Å². The second kappa shape index (κ2) is 8.92. The molecule has 2 aliphatic rings. The molecule has 0 aliphatic carbocycles. The third-order valence-electron chi connectivity index (χ3n) is 6.61. The Kier molecular flexibility index (Phi) is 5.83. The van der Waals surface area contributed by atoms with Gasteiger partial charge in [-0.2, -0.15) is 0 Å². The zero-order valence-corrected chi connectivity index (χ0v) is 19.2. The van der Waals surface area contributed by atoms with Crippen LogP contribution in [0.1, 0.15) is 23.4 Å². The smallest absolute Gasteiger partial charge is 0.261 e. The molecule has 1 N–H and O–H groups in total. The number of aromatic nitrogens is 2. The van der Waals surface area contributed by atoms with E-state index in [0.717, 1.165) is 49.6 Å². The number of fused-ring (bicyclic) bond motifs is 2. The Bertz CT molecular complexity index is 1300. The second-order valence-corrected chi connectivity index (χ2v) is 9.03. The fraction of sp³-hybridized carbons (Fsp3) is 0.346. The minimum Gasteiger partial charge on any atom is -0.325 e. The molecule has 0 atom stereocenters. The van der Waals surface area contributed by atoms with Crippen molar-refractivity contribution >= 4 is 34.1 Å². The molecule has 2 aromatic carbocycles. The summed E-state index contributed by atoms with van der Waals surface area (Å²) in [6.07, 6.45) is 2.91. The molecule has 3 aromatic rings. The standard InChI is InChI=1S/C26H29N5O2/c1-18-5-3-4-6-19(18)15-20-9-10-31-25(20)28-23-16-21(7-8-22(23)26(31)33)27-24(32)17-30-13-11-29(2)12-14-30/h3-8,15-16H,9-14,17H2,1-2H3,(H,27,32). The monoisotopic (exact) mass is 443 g/mol. The first-order valence-corrected chi connectivity index (χ1v) is 11.5. The number of likely N-dealkylation sites (N-methyl/N-ethyl adjacent to an activating group) is 1. The number of carbonyl (C=O) groups is 1. The highest BCUT2D eigenvalue weighted by Gasteiger charge is 2.22. The summed E-state index contributed by atoms with van der Waals surface area (Å²) in [4.78, 5) is 35.0. The second-order valence-electron chi connectivity index (χ2n) is 9.03. The number of carbonyl (C=O) groups excluding carboxylic acids is 1. The number of benzene rings is 2. The van der Waals surface area contributed by atoms with Gasteiger partial charge in [0.1, 0.15) is 5.82 Å². The topological polar surface area (TPSA) is 70.5 Å². The summed E-state index contributed by atoms with van der Waals surface area (Å²) in [7, 11) is 2.10. The molecule has 5 rings (SSSR count). The Morgan fingerprint density at radius 3 is 2.67 bits per heavy atom. The number of aryl methyl sites for hydroxylation is 1. The van der Waals surface area contributed by atoms with Gasteiger partial charge < -0.3 is 10.2 Å². The van der Waals surface area contributed by atoms with E-state index in [9.17, 15) is 9.59 Å². The number of amides is 1. The van der Waals surface area contributed by atoms with Crippen LogP contribution in [0.4, 0.5) is 5.69 Å². The highest BCUT2D eigenvalue weighted by Crippen LogP contribution is 2.28. The van der Waals surface area contributed by atoms with Crippen LogP contribution in [0.15, 0.2) is 47.3 Å². The maximum atomic E-state index is 13.1. The van der Waals surface area contributed by atoms with Gasteiger partial charge in [0, 0.05) is 38.4 Å². The van der Waals surface area contributed by atoms with E-state index in [4.69, 9.17) is 4.98 Å². The molecule has 7 heteroatoms. The summed E-state index contributed by atoms with van der Waals surface area (Å²) >= 11 is 0. The number of allylic oxidation sites excluding steroid dienone is 1. The van der Waals surface area contributed by atoms with Crippen molar-refractivity contribution in [3.05, 3.63) is 69.8 Å². The SMILES string of the molecule is Cc1ccccc1C=C1CCn2c1nc1cc(NC(=O)CN3CCN(C)CC3)ccc1c2=O. The molecule has 33 heavy (non-hydrogen) atoms. The van der Waals surface area contributed by atoms with E-state index in [1.165, 1.54) is 5.56 Å². The number of nitrogens with zero attached hydrogens (tertiary/aromatic N) is 4. The van der Waals surface area contributed by atoms with Crippen LogP contribution in [0.5, 0.6) is 0 Å². The average Bonchev–Trinajstić information content (AvgIpc) is 3.19. The van der Waals surface area contributed by atoms with Gasteiger partial charge in [-0.15, -0.1) is 0 Å². The molecule has 2 aliphatic heterocycles. The number of hydrogen-bond acceptors (Lipinski definition) is 5. The first kappa shape index (κ1) is 21.6. The van der Waals surface area contributed by atoms with Gasteiger partial charge in [-0.05, 0) is 61.4 Å². The molecule has 0 bridgehead atoms. The molecule has 3 heterocycles. The number of piperazine rings is 1. The molecule has 0 radical (unpaired) electrons. The molecule has 0 saturated carbocycles.